The first kappa shape index (κ1) is 13.5. The molecular formula is C12H17BrN2S. The fourth-order valence-corrected chi connectivity index (χ4v) is 1.86. The molecule has 0 atom stereocenters. The second-order valence-electron chi connectivity index (χ2n) is 4.09. The fraction of sp³-hybridized carbons (Fsp3) is 0.417. The first-order chi connectivity index (χ1) is 7.49. The van der Waals surface area contributed by atoms with Gasteiger partial charge in [-0.05, 0) is 43.8 Å². The normalized spacial score (nSPS) is 10.3. The summed E-state index contributed by atoms with van der Waals surface area (Å²) in [5.74, 6) is 0. The molecule has 0 radical (unpaired) electrons. The lowest BCUT2D eigenvalue weighted by molar-refractivity contribution is 0.480. The Labute approximate surface area is 111 Å². The van der Waals surface area contributed by atoms with Crippen molar-refractivity contribution in [2.24, 2.45) is 0 Å². The summed E-state index contributed by atoms with van der Waals surface area (Å²) in [6.45, 7) is 4.99. The van der Waals surface area contributed by atoms with Gasteiger partial charge in [0.25, 0.3) is 0 Å². The minimum Gasteiger partial charge on any atom is -0.360 e. The number of benzene rings is 1. The van der Waals surface area contributed by atoms with Gasteiger partial charge in [-0.2, -0.15) is 0 Å². The molecule has 4 heteroatoms. The van der Waals surface area contributed by atoms with Crippen molar-refractivity contribution in [3.63, 3.8) is 0 Å². The molecule has 0 saturated carbocycles. The van der Waals surface area contributed by atoms with Gasteiger partial charge < -0.3 is 10.2 Å². The first-order valence-corrected chi connectivity index (χ1v) is 6.45. The molecule has 1 aromatic carbocycles. The Bertz CT molecular complexity index is 349. The molecule has 0 bridgehead atoms. The van der Waals surface area contributed by atoms with E-state index in [2.05, 4.69) is 47.2 Å². The van der Waals surface area contributed by atoms with Gasteiger partial charge in [-0.15, -0.1) is 0 Å². The predicted molar refractivity (Wildman–Crippen MR) is 76.5 cm³/mol. The van der Waals surface area contributed by atoms with E-state index >= 15 is 0 Å². The van der Waals surface area contributed by atoms with E-state index in [9.17, 15) is 0 Å². The van der Waals surface area contributed by atoms with Gasteiger partial charge in [-0.25, -0.2) is 0 Å². The summed E-state index contributed by atoms with van der Waals surface area (Å²) in [7, 11) is 2.00. The van der Waals surface area contributed by atoms with Gasteiger partial charge in [-0.1, -0.05) is 28.1 Å². The van der Waals surface area contributed by atoms with Crippen LogP contribution >= 0.6 is 28.1 Å². The number of rotatable bonds is 3. The van der Waals surface area contributed by atoms with E-state index in [1.165, 1.54) is 5.56 Å². The second kappa shape index (κ2) is 6.21. The zero-order chi connectivity index (χ0) is 12.1. The van der Waals surface area contributed by atoms with Gasteiger partial charge in [0, 0.05) is 24.1 Å². The third-order valence-corrected chi connectivity index (χ3v) is 3.05. The van der Waals surface area contributed by atoms with Crippen molar-refractivity contribution in [1.29, 1.82) is 0 Å². The molecule has 0 aromatic heterocycles. The molecule has 0 unspecified atom stereocenters. The summed E-state index contributed by atoms with van der Waals surface area (Å²) in [6.07, 6.45) is 0. The lowest BCUT2D eigenvalue weighted by Gasteiger charge is -2.22. The molecule has 0 heterocycles. The van der Waals surface area contributed by atoms with Crippen LogP contribution in [0.5, 0.6) is 0 Å². The Morgan fingerprint density at radius 3 is 2.44 bits per heavy atom. The Kier molecular flexibility index (Phi) is 5.22. The highest BCUT2D eigenvalue weighted by Gasteiger charge is 2.05. The largest absolute Gasteiger partial charge is 0.360 e. The molecule has 0 aliphatic rings. The molecular weight excluding hydrogens is 284 g/mol. The zero-order valence-corrected chi connectivity index (χ0v) is 12.2. The molecule has 0 spiro atoms. The van der Waals surface area contributed by atoms with Crippen LogP contribution in [0.15, 0.2) is 28.7 Å². The number of hydrogen-bond donors (Lipinski definition) is 1. The molecule has 16 heavy (non-hydrogen) atoms. The van der Waals surface area contributed by atoms with Crippen LogP contribution in [0.25, 0.3) is 0 Å². The highest BCUT2D eigenvalue weighted by Crippen LogP contribution is 2.11. The van der Waals surface area contributed by atoms with E-state index in [1.54, 1.807) is 0 Å². The van der Waals surface area contributed by atoms with Crippen molar-refractivity contribution in [2.75, 3.05) is 7.05 Å². The maximum Gasteiger partial charge on any atom is 0.169 e. The van der Waals surface area contributed by atoms with E-state index in [1.807, 2.05) is 24.1 Å². The average molecular weight is 301 g/mol. The summed E-state index contributed by atoms with van der Waals surface area (Å²) >= 11 is 8.71. The molecule has 88 valence electrons. The van der Waals surface area contributed by atoms with Crippen LogP contribution in [0, 0.1) is 0 Å². The van der Waals surface area contributed by atoms with E-state index in [-0.39, 0.29) is 0 Å². The first-order valence-electron chi connectivity index (χ1n) is 5.25. The molecule has 0 amide bonds. The van der Waals surface area contributed by atoms with Crippen molar-refractivity contribution in [2.45, 2.75) is 26.4 Å². The third-order valence-electron chi connectivity index (χ3n) is 2.09. The lowest BCUT2D eigenvalue weighted by Crippen LogP contribution is -2.40. The summed E-state index contributed by atoms with van der Waals surface area (Å²) in [4.78, 5) is 2.04. The van der Waals surface area contributed by atoms with E-state index in [0.29, 0.717) is 6.04 Å². The van der Waals surface area contributed by atoms with Crippen molar-refractivity contribution >= 4 is 33.3 Å². The van der Waals surface area contributed by atoms with Gasteiger partial charge in [-0.3, -0.25) is 0 Å². The maximum absolute atomic E-state index is 5.28. The quantitative estimate of drug-likeness (QED) is 0.863. The van der Waals surface area contributed by atoms with Crippen LogP contribution < -0.4 is 5.32 Å². The minimum absolute atomic E-state index is 0.375. The number of hydrogen-bond acceptors (Lipinski definition) is 1. The van der Waals surface area contributed by atoms with Crippen LogP contribution in [-0.4, -0.2) is 23.1 Å². The van der Waals surface area contributed by atoms with E-state index in [0.717, 1.165) is 16.1 Å². The molecule has 1 N–H and O–H groups in total. The van der Waals surface area contributed by atoms with E-state index < -0.39 is 0 Å². The van der Waals surface area contributed by atoms with Crippen molar-refractivity contribution in [3.05, 3.63) is 34.3 Å². The second-order valence-corrected chi connectivity index (χ2v) is 5.39. The Hall–Kier alpha value is -0.610. The number of halogens is 1. The van der Waals surface area contributed by atoms with Crippen molar-refractivity contribution < 1.29 is 0 Å². The van der Waals surface area contributed by atoms with Gasteiger partial charge in [0.05, 0.1) is 0 Å². The minimum atomic E-state index is 0.375. The van der Waals surface area contributed by atoms with Crippen LogP contribution in [0.4, 0.5) is 0 Å². The van der Waals surface area contributed by atoms with E-state index in [4.69, 9.17) is 12.2 Å². The molecule has 0 aliphatic heterocycles. The highest BCUT2D eigenvalue weighted by atomic mass is 79.9. The summed E-state index contributed by atoms with van der Waals surface area (Å²) < 4.78 is 1.10. The van der Waals surface area contributed by atoms with Crippen LogP contribution in [0.3, 0.4) is 0 Å². The molecule has 0 aliphatic carbocycles. The topological polar surface area (TPSA) is 15.3 Å². The summed E-state index contributed by atoms with van der Waals surface area (Å²) in [5, 5.41) is 4.01. The lowest BCUT2D eigenvalue weighted by atomic mass is 10.2. The van der Waals surface area contributed by atoms with Crippen LogP contribution in [-0.2, 0) is 6.54 Å². The molecule has 2 nitrogen and oxygen atoms in total. The molecule has 1 rings (SSSR count). The number of nitrogens with one attached hydrogen (secondary N) is 1. The number of thiocarbonyl (C=S) groups is 1. The SMILES string of the molecule is CC(C)NC(=S)N(C)Cc1ccc(Br)cc1. The average Bonchev–Trinajstić information content (AvgIpc) is 2.20. The maximum atomic E-state index is 5.28. The monoisotopic (exact) mass is 300 g/mol. The molecule has 0 saturated heterocycles. The van der Waals surface area contributed by atoms with Crippen molar-refractivity contribution in [1.82, 2.24) is 10.2 Å². The van der Waals surface area contributed by atoms with Gasteiger partial charge in [0.2, 0.25) is 0 Å². The van der Waals surface area contributed by atoms with Gasteiger partial charge in [0.15, 0.2) is 5.11 Å². The molecule has 0 fully saturated rings. The van der Waals surface area contributed by atoms with Gasteiger partial charge >= 0.3 is 0 Å². The smallest absolute Gasteiger partial charge is 0.169 e. The van der Waals surface area contributed by atoms with Gasteiger partial charge in [0.1, 0.15) is 0 Å². The molecule has 1 aromatic rings. The zero-order valence-electron chi connectivity index (χ0n) is 9.83. The highest BCUT2D eigenvalue weighted by molar-refractivity contribution is 9.10. The number of nitrogens with zero attached hydrogens (tertiary/aromatic N) is 1. The van der Waals surface area contributed by atoms with Crippen LogP contribution in [0.1, 0.15) is 19.4 Å². The summed E-state index contributed by atoms with van der Waals surface area (Å²) in [5.41, 5.74) is 1.25. The third kappa shape index (κ3) is 4.49. The standard InChI is InChI=1S/C12H17BrN2S/c1-9(2)14-12(16)15(3)8-10-4-6-11(13)7-5-10/h4-7,9H,8H2,1-3H3,(H,14,16). The Balaban J connectivity index is 2.53. The summed E-state index contributed by atoms with van der Waals surface area (Å²) in [6, 6.07) is 8.65. The predicted octanol–water partition coefficient (Wildman–Crippen LogP) is 3.16. The fourth-order valence-electron chi connectivity index (χ4n) is 1.29. The van der Waals surface area contributed by atoms with Crippen LogP contribution in [0.2, 0.25) is 0 Å². The Morgan fingerprint density at radius 1 is 1.38 bits per heavy atom. The van der Waals surface area contributed by atoms with Crippen molar-refractivity contribution in [3.8, 4) is 0 Å². The Morgan fingerprint density at radius 2 is 1.94 bits per heavy atom.